The van der Waals surface area contributed by atoms with Crippen molar-refractivity contribution in [1.82, 2.24) is 4.98 Å². The van der Waals surface area contributed by atoms with Gasteiger partial charge in [0.2, 0.25) is 11.6 Å². The van der Waals surface area contributed by atoms with Gasteiger partial charge in [-0.1, -0.05) is 0 Å². The highest BCUT2D eigenvalue weighted by molar-refractivity contribution is 9.10. The largest absolute Gasteiger partial charge is 0.534 e. The fourth-order valence-electron chi connectivity index (χ4n) is 2.07. The number of pyridine rings is 1. The molecule has 7 nitrogen and oxygen atoms in total. The Morgan fingerprint density at radius 2 is 1.60 bits per heavy atom. The molecule has 1 heterocycles. The predicted octanol–water partition coefficient (Wildman–Crippen LogP) is 3.25. The Hall–Kier alpha value is -1.95. The second-order valence-electron chi connectivity index (χ2n) is 4.44. The Morgan fingerprint density at radius 1 is 1.04 bits per heavy atom. The minimum Gasteiger partial charge on any atom is -0.492 e. The molecule has 0 fully saturated rings. The average Bonchev–Trinajstić information content (AvgIpc) is 2.53. The topological polar surface area (TPSA) is 84.0 Å². The molecular formula is C13H11BrF3NO6S. The Kier molecular flexibility index (Phi) is 5.23. The summed E-state index contributed by atoms with van der Waals surface area (Å²) in [5, 5.41) is 0.110. The van der Waals surface area contributed by atoms with E-state index >= 15 is 0 Å². The maximum absolute atomic E-state index is 12.6. The summed E-state index contributed by atoms with van der Waals surface area (Å²) in [7, 11) is -1.98. The minimum atomic E-state index is -5.91. The number of methoxy groups -OCH3 is 3. The molecule has 0 amide bonds. The van der Waals surface area contributed by atoms with E-state index in [-0.39, 0.29) is 32.5 Å². The minimum absolute atomic E-state index is 0.0640. The molecule has 25 heavy (non-hydrogen) atoms. The van der Waals surface area contributed by atoms with Gasteiger partial charge in [0.05, 0.1) is 31.2 Å². The number of rotatable bonds is 5. The van der Waals surface area contributed by atoms with E-state index in [0.717, 1.165) is 6.20 Å². The van der Waals surface area contributed by atoms with Gasteiger partial charge in [0, 0.05) is 11.6 Å². The lowest BCUT2D eigenvalue weighted by atomic mass is 10.1. The summed E-state index contributed by atoms with van der Waals surface area (Å²) in [4.78, 5) is 3.59. The molecule has 0 atom stereocenters. The van der Waals surface area contributed by atoms with Gasteiger partial charge < -0.3 is 18.4 Å². The van der Waals surface area contributed by atoms with E-state index in [2.05, 4.69) is 25.1 Å². The number of halogens is 4. The van der Waals surface area contributed by atoms with Crippen LogP contribution >= 0.6 is 15.9 Å². The van der Waals surface area contributed by atoms with Gasteiger partial charge >= 0.3 is 15.6 Å². The quantitative estimate of drug-likeness (QED) is 0.515. The Morgan fingerprint density at radius 3 is 2.08 bits per heavy atom. The highest BCUT2D eigenvalue weighted by Crippen LogP contribution is 2.51. The zero-order chi connectivity index (χ0) is 19.0. The first-order valence-electron chi connectivity index (χ1n) is 6.36. The highest BCUT2D eigenvalue weighted by Gasteiger charge is 2.49. The molecule has 0 radical (unpaired) electrons. The third kappa shape index (κ3) is 3.27. The molecule has 1 aromatic carbocycles. The highest BCUT2D eigenvalue weighted by atomic mass is 79.9. The molecule has 12 heteroatoms. The molecule has 0 bridgehead atoms. The molecule has 0 saturated heterocycles. The monoisotopic (exact) mass is 445 g/mol. The normalized spacial score (nSPS) is 12.1. The van der Waals surface area contributed by atoms with Crippen molar-refractivity contribution in [3.63, 3.8) is 0 Å². The molecular weight excluding hydrogens is 435 g/mol. The molecule has 0 saturated carbocycles. The van der Waals surface area contributed by atoms with Crippen molar-refractivity contribution in [1.29, 1.82) is 0 Å². The molecule has 0 unspecified atom stereocenters. The van der Waals surface area contributed by atoms with Gasteiger partial charge in [0.15, 0.2) is 11.5 Å². The van der Waals surface area contributed by atoms with Gasteiger partial charge in [-0.3, -0.25) is 0 Å². The standard InChI is InChI=1S/C13H11BrF3NO6S/c1-21-9-6-4-5-18-12(24-25(19,20)13(15,16)17)7(6)8(14)10(22-2)11(9)23-3/h4-5H,1-3H3. The van der Waals surface area contributed by atoms with E-state index in [0.29, 0.717) is 0 Å². The van der Waals surface area contributed by atoms with Crippen LogP contribution in [0.25, 0.3) is 10.8 Å². The van der Waals surface area contributed by atoms with Gasteiger partial charge in [0.25, 0.3) is 0 Å². The van der Waals surface area contributed by atoms with Crippen molar-refractivity contribution in [3.8, 4) is 23.1 Å². The summed E-state index contributed by atoms with van der Waals surface area (Å²) in [6, 6.07) is 1.40. The summed E-state index contributed by atoms with van der Waals surface area (Å²) in [5.41, 5.74) is -5.61. The van der Waals surface area contributed by atoms with Crippen molar-refractivity contribution < 1.29 is 40.0 Å². The first-order valence-corrected chi connectivity index (χ1v) is 8.56. The molecule has 2 rings (SSSR count). The maximum atomic E-state index is 12.6. The summed E-state index contributed by atoms with van der Waals surface area (Å²) >= 11 is 3.15. The Labute approximate surface area is 148 Å². The molecule has 0 spiro atoms. The zero-order valence-corrected chi connectivity index (χ0v) is 15.4. The zero-order valence-electron chi connectivity index (χ0n) is 13.0. The van der Waals surface area contributed by atoms with E-state index in [1.165, 1.54) is 27.4 Å². The van der Waals surface area contributed by atoms with Crippen molar-refractivity contribution in [3.05, 3.63) is 16.7 Å². The molecule has 138 valence electrons. The summed E-state index contributed by atoms with van der Waals surface area (Å²) in [6.45, 7) is 0. The third-order valence-electron chi connectivity index (χ3n) is 3.08. The molecule has 1 aromatic heterocycles. The van der Waals surface area contributed by atoms with Crippen LogP contribution in [0.3, 0.4) is 0 Å². The number of ether oxygens (including phenoxy) is 3. The van der Waals surface area contributed by atoms with Crippen LogP contribution in [0.1, 0.15) is 0 Å². The number of benzene rings is 1. The lowest BCUT2D eigenvalue weighted by Crippen LogP contribution is -2.28. The summed E-state index contributed by atoms with van der Waals surface area (Å²) in [5.74, 6) is -0.468. The van der Waals surface area contributed by atoms with E-state index < -0.39 is 21.5 Å². The van der Waals surface area contributed by atoms with Crippen LogP contribution < -0.4 is 18.4 Å². The average molecular weight is 446 g/mol. The van der Waals surface area contributed by atoms with E-state index in [1.54, 1.807) is 0 Å². The van der Waals surface area contributed by atoms with Crippen LogP contribution in [0.5, 0.6) is 23.1 Å². The number of nitrogens with zero attached hydrogens (tertiary/aromatic N) is 1. The molecule has 2 aromatic rings. The van der Waals surface area contributed by atoms with Gasteiger partial charge in [0.1, 0.15) is 0 Å². The van der Waals surface area contributed by atoms with Gasteiger partial charge in [-0.2, -0.15) is 21.6 Å². The van der Waals surface area contributed by atoms with E-state index in [9.17, 15) is 21.6 Å². The molecule has 0 aliphatic carbocycles. The number of alkyl halides is 3. The van der Waals surface area contributed by atoms with Crippen LogP contribution in [-0.2, 0) is 10.1 Å². The molecule has 0 aliphatic rings. The summed E-state index contributed by atoms with van der Waals surface area (Å²) < 4.78 is 80.3. The molecule has 0 aliphatic heterocycles. The molecule has 0 N–H and O–H groups in total. The lowest BCUT2D eigenvalue weighted by Gasteiger charge is -2.18. The second-order valence-corrected chi connectivity index (χ2v) is 6.77. The van der Waals surface area contributed by atoms with Crippen molar-refractivity contribution in [2.45, 2.75) is 5.51 Å². The van der Waals surface area contributed by atoms with Gasteiger partial charge in [-0.15, -0.1) is 0 Å². The first kappa shape index (κ1) is 19.4. The first-order chi connectivity index (χ1) is 11.6. The van der Waals surface area contributed by atoms with Crippen LogP contribution in [0.15, 0.2) is 16.7 Å². The number of fused-ring (bicyclic) bond motifs is 1. The van der Waals surface area contributed by atoms with Crippen LogP contribution in [0, 0.1) is 0 Å². The maximum Gasteiger partial charge on any atom is 0.534 e. The third-order valence-corrected chi connectivity index (χ3v) is 4.78. The van der Waals surface area contributed by atoms with E-state index in [4.69, 9.17) is 14.2 Å². The number of hydrogen-bond donors (Lipinski definition) is 0. The van der Waals surface area contributed by atoms with Crippen molar-refractivity contribution >= 4 is 36.8 Å². The SMILES string of the molecule is COc1c(OC)c(Br)c2c(OS(=O)(=O)C(F)(F)F)nccc2c1OC. The Bertz CT molecular complexity index is 916. The predicted molar refractivity (Wildman–Crippen MR) is 84.7 cm³/mol. The van der Waals surface area contributed by atoms with Crippen molar-refractivity contribution in [2.75, 3.05) is 21.3 Å². The van der Waals surface area contributed by atoms with Crippen molar-refractivity contribution in [2.24, 2.45) is 0 Å². The fourth-order valence-corrected chi connectivity index (χ4v) is 3.22. The second kappa shape index (κ2) is 6.75. The lowest BCUT2D eigenvalue weighted by molar-refractivity contribution is -0.0500. The van der Waals surface area contributed by atoms with Gasteiger partial charge in [-0.05, 0) is 22.0 Å². The number of aromatic nitrogens is 1. The summed E-state index contributed by atoms with van der Waals surface area (Å²) in [6.07, 6.45) is 1.07. The van der Waals surface area contributed by atoms with E-state index in [1.807, 2.05) is 0 Å². The van der Waals surface area contributed by atoms with Crippen LogP contribution in [-0.4, -0.2) is 40.2 Å². The smallest absolute Gasteiger partial charge is 0.492 e. The fraction of sp³-hybridized carbons (Fsp3) is 0.308. The Balaban J connectivity index is 2.86. The number of hydrogen-bond acceptors (Lipinski definition) is 7. The van der Waals surface area contributed by atoms with Crippen LogP contribution in [0.4, 0.5) is 13.2 Å². The van der Waals surface area contributed by atoms with Crippen LogP contribution in [0.2, 0.25) is 0 Å². The van der Waals surface area contributed by atoms with Gasteiger partial charge in [-0.25, -0.2) is 4.98 Å².